The van der Waals surface area contributed by atoms with Gasteiger partial charge in [0.05, 0.1) is 23.2 Å². The fraction of sp³-hybridized carbons (Fsp3) is 0.300. The zero-order chi connectivity index (χ0) is 20.7. The van der Waals surface area contributed by atoms with E-state index < -0.39 is 17.2 Å². The summed E-state index contributed by atoms with van der Waals surface area (Å²) in [5.41, 5.74) is 0.711. The molecule has 4 rings (SSSR count). The van der Waals surface area contributed by atoms with Gasteiger partial charge in [-0.05, 0) is 26.0 Å². The second kappa shape index (κ2) is 7.08. The van der Waals surface area contributed by atoms with E-state index in [2.05, 4.69) is 15.3 Å². The minimum atomic E-state index is -0.597. The van der Waals surface area contributed by atoms with Crippen molar-refractivity contribution in [3.05, 3.63) is 56.4 Å². The lowest BCUT2D eigenvalue weighted by molar-refractivity contribution is 0.102. The van der Waals surface area contributed by atoms with Crippen molar-refractivity contribution in [2.75, 3.05) is 11.9 Å². The maximum Gasteiger partial charge on any atom is 0.329 e. The van der Waals surface area contributed by atoms with E-state index in [-0.39, 0.29) is 22.7 Å². The Balaban J connectivity index is 1.70. The summed E-state index contributed by atoms with van der Waals surface area (Å²) in [7, 11) is 1.49. The lowest BCUT2D eigenvalue weighted by Crippen LogP contribution is -2.29. The molecule has 1 aliphatic heterocycles. The topological polar surface area (TPSA) is 115 Å². The summed E-state index contributed by atoms with van der Waals surface area (Å²) in [6.07, 6.45) is 2.16. The third-order valence-corrected chi connectivity index (χ3v) is 4.76. The van der Waals surface area contributed by atoms with Crippen LogP contribution in [0.25, 0.3) is 11.0 Å². The second-order valence-electron chi connectivity index (χ2n) is 6.89. The molecule has 1 aromatic carbocycles. The van der Waals surface area contributed by atoms with Crippen LogP contribution in [-0.2, 0) is 13.5 Å². The summed E-state index contributed by atoms with van der Waals surface area (Å²) in [5.74, 6) is 0.797. The van der Waals surface area contributed by atoms with Gasteiger partial charge in [-0.2, -0.15) is 0 Å². The number of anilines is 1. The minimum absolute atomic E-state index is 0.0634. The standard InChI is InChI=1S/C20H20N4O5/c1-4-28-16-7-11-5-10(2)29-15(11)8-14(16)22-18(25)12-6-13-17(21-9-12)24(3)20(27)23-19(13)26/h6-10H,4-5H2,1-3H3,(H,22,25)(H,23,26,27). The van der Waals surface area contributed by atoms with Crippen molar-refractivity contribution in [2.24, 2.45) is 7.05 Å². The highest BCUT2D eigenvalue weighted by Crippen LogP contribution is 2.38. The Bertz CT molecular complexity index is 1240. The smallest absolute Gasteiger partial charge is 0.329 e. The number of aromatic amines is 1. The first-order valence-corrected chi connectivity index (χ1v) is 9.24. The zero-order valence-corrected chi connectivity index (χ0v) is 16.2. The molecule has 3 aromatic rings. The van der Waals surface area contributed by atoms with E-state index in [4.69, 9.17) is 9.47 Å². The summed E-state index contributed by atoms with van der Waals surface area (Å²) in [6.45, 7) is 4.28. The van der Waals surface area contributed by atoms with Gasteiger partial charge in [-0.15, -0.1) is 0 Å². The minimum Gasteiger partial charge on any atom is -0.492 e. The zero-order valence-electron chi connectivity index (χ0n) is 16.2. The van der Waals surface area contributed by atoms with Gasteiger partial charge >= 0.3 is 5.69 Å². The SMILES string of the molecule is CCOc1cc2c(cc1NC(=O)c1cnc3c(c1)c(=O)[nH]c(=O)n3C)OC(C)C2. The average Bonchev–Trinajstić information content (AvgIpc) is 3.05. The molecule has 0 spiro atoms. The number of nitrogens with zero attached hydrogens (tertiary/aromatic N) is 2. The maximum atomic E-state index is 12.8. The van der Waals surface area contributed by atoms with Crippen LogP contribution in [0.4, 0.5) is 5.69 Å². The van der Waals surface area contributed by atoms with Crippen LogP contribution >= 0.6 is 0 Å². The Kier molecular flexibility index (Phi) is 4.57. The number of aryl methyl sites for hydroxylation is 1. The van der Waals surface area contributed by atoms with Gasteiger partial charge in [0.25, 0.3) is 11.5 Å². The molecule has 0 bridgehead atoms. The van der Waals surface area contributed by atoms with Gasteiger partial charge in [0.2, 0.25) is 0 Å². The van der Waals surface area contributed by atoms with Crippen molar-refractivity contribution >= 4 is 22.6 Å². The first-order valence-electron chi connectivity index (χ1n) is 9.24. The first-order chi connectivity index (χ1) is 13.9. The van der Waals surface area contributed by atoms with Crippen LogP contribution in [0.3, 0.4) is 0 Å². The van der Waals surface area contributed by atoms with Crippen LogP contribution in [0.2, 0.25) is 0 Å². The molecule has 3 heterocycles. The molecule has 1 amide bonds. The number of benzene rings is 1. The van der Waals surface area contributed by atoms with E-state index in [1.807, 2.05) is 19.9 Å². The van der Waals surface area contributed by atoms with Crippen LogP contribution in [0.5, 0.6) is 11.5 Å². The third kappa shape index (κ3) is 3.35. The van der Waals surface area contributed by atoms with Crippen molar-refractivity contribution in [2.45, 2.75) is 26.4 Å². The molecule has 0 saturated heterocycles. The molecule has 2 N–H and O–H groups in total. The Morgan fingerprint density at radius 3 is 2.93 bits per heavy atom. The summed E-state index contributed by atoms with van der Waals surface area (Å²) in [4.78, 5) is 42.9. The average molecular weight is 396 g/mol. The fourth-order valence-corrected chi connectivity index (χ4v) is 3.37. The van der Waals surface area contributed by atoms with Crippen LogP contribution in [0.15, 0.2) is 34.0 Å². The quantitative estimate of drug-likeness (QED) is 0.692. The normalized spacial score (nSPS) is 15.1. The van der Waals surface area contributed by atoms with Crippen LogP contribution < -0.4 is 26.0 Å². The van der Waals surface area contributed by atoms with E-state index in [1.165, 1.54) is 23.9 Å². The number of fused-ring (bicyclic) bond motifs is 2. The number of carbonyl (C=O) groups excluding carboxylic acids is 1. The number of hydrogen-bond acceptors (Lipinski definition) is 6. The van der Waals surface area contributed by atoms with E-state index in [9.17, 15) is 14.4 Å². The van der Waals surface area contributed by atoms with Crippen LogP contribution in [0, 0.1) is 0 Å². The maximum absolute atomic E-state index is 12.8. The molecular weight excluding hydrogens is 376 g/mol. The number of pyridine rings is 1. The van der Waals surface area contributed by atoms with Gasteiger partial charge < -0.3 is 14.8 Å². The molecule has 2 aromatic heterocycles. The van der Waals surface area contributed by atoms with Gasteiger partial charge in [-0.3, -0.25) is 19.1 Å². The summed E-state index contributed by atoms with van der Waals surface area (Å²) >= 11 is 0. The predicted octanol–water partition coefficient (Wildman–Crippen LogP) is 1.60. The van der Waals surface area contributed by atoms with Crippen LogP contribution in [-0.4, -0.2) is 33.2 Å². The van der Waals surface area contributed by atoms with Gasteiger partial charge in [0, 0.05) is 31.3 Å². The van der Waals surface area contributed by atoms with Crippen molar-refractivity contribution in [1.82, 2.24) is 14.5 Å². The molecule has 0 aliphatic carbocycles. The van der Waals surface area contributed by atoms with Crippen molar-refractivity contribution in [1.29, 1.82) is 0 Å². The van der Waals surface area contributed by atoms with Gasteiger partial charge in [-0.1, -0.05) is 0 Å². The monoisotopic (exact) mass is 396 g/mol. The molecule has 1 aliphatic rings. The van der Waals surface area contributed by atoms with E-state index >= 15 is 0 Å². The van der Waals surface area contributed by atoms with E-state index in [0.29, 0.717) is 23.8 Å². The van der Waals surface area contributed by atoms with Gasteiger partial charge in [0.1, 0.15) is 23.3 Å². The van der Waals surface area contributed by atoms with E-state index in [0.717, 1.165) is 12.0 Å². The Morgan fingerprint density at radius 1 is 1.38 bits per heavy atom. The van der Waals surface area contributed by atoms with Crippen LogP contribution in [0.1, 0.15) is 29.8 Å². The number of amides is 1. The van der Waals surface area contributed by atoms with Gasteiger partial charge in [-0.25, -0.2) is 9.78 Å². The lowest BCUT2D eigenvalue weighted by Gasteiger charge is -2.14. The number of ether oxygens (including phenoxy) is 2. The van der Waals surface area contributed by atoms with Gasteiger partial charge in [0.15, 0.2) is 0 Å². The molecule has 29 heavy (non-hydrogen) atoms. The number of carbonyl (C=O) groups is 1. The number of aromatic nitrogens is 3. The highest BCUT2D eigenvalue weighted by molar-refractivity contribution is 6.06. The number of rotatable bonds is 4. The molecule has 0 radical (unpaired) electrons. The molecule has 1 atom stereocenters. The summed E-state index contributed by atoms with van der Waals surface area (Å²) < 4.78 is 12.7. The molecular formula is C20H20N4O5. The summed E-state index contributed by atoms with van der Waals surface area (Å²) in [6, 6.07) is 5.02. The summed E-state index contributed by atoms with van der Waals surface area (Å²) in [5, 5.41) is 2.95. The van der Waals surface area contributed by atoms with Crippen molar-refractivity contribution < 1.29 is 14.3 Å². The number of nitrogens with one attached hydrogen (secondary N) is 2. The first kappa shape index (κ1) is 18.7. The Morgan fingerprint density at radius 2 is 2.17 bits per heavy atom. The molecule has 9 heteroatoms. The second-order valence-corrected chi connectivity index (χ2v) is 6.89. The molecule has 9 nitrogen and oxygen atoms in total. The third-order valence-electron chi connectivity index (χ3n) is 4.76. The van der Waals surface area contributed by atoms with E-state index in [1.54, 1.807) is 6.07 Å². The predicted molar refractivity (Wildman–Crippen MR) is 107 cm³/mol. The fourth-order valence-electron chi connectivity index (χ4n) is 3.37. The number of H-pyrrole nitrogens is 1. The molecule has 1 unspecified atom stereocenters. The lowest BCUT2D eigenvalue weighted by atomic mass is 10.1. The van der Waals surface area contributed by atoms with Crippen molar-refractivity contribution in [3.8, 4) is 11.5 Å². The highest BCUT2D eigenvalue weighted by atomic mass is 16.5. The number of hydrogen-bond donors (Lipinski definition) is 2. The highest BCUT2D eigenvalue weighted by Gasteiger charge is 2.23. The largest absolute Gasteiger partial charge is 0.492 e. The molecule has 0 fully saturated rings. The Labute approximate surface area is 165 Å². The Hall–Kier alpha value is -3.62. The van der Waals surface area contributed by atoms with Crippen molar-refractivity contribution in [3.63, 3.8) is 0 Å². The molecule has 0 saturated carbocycles. The molecule has 150 valence electrons.